The van der Waals surface area contributed by atoms with Crippen molar-refractivity contribution >= 4 is 46.8 Å². The molecule has 0 bridgehead atoms. The highest BCUT2D eigenvalue weighted by Gasteiger charge is 2.25. The standard InChI is InChI=1S/C11H7ClN2O2S/c12-7-3-1-2-6(4-7)5-8-9(15)13-11(17)14-10(8)16/h1-5H,(H2,13,14,15,16,17). The molecule has 4 nitrogen and oxygen atoms in total. The molecule has 0 aliphatic carbocycles. The first-order valence-electron chi connectivity index (χ1n) is 4.70. The summed E-state index contributed by atoms with van der Waals surface area (Å²) in [6.07, 6.45) is 1.46. The van der Waals surface area contributed by atoms with Crippen LogP contribution in [0.1, 0.15) is 5.56 Å². The molecule has 0 radical (unpaired) electrons. The number of rotatable bonds is 1. The number of hydrogen-bond acceptors (Lipinski definition) is 3. The summed E-state index contributed by atoms with van der Waals surface area (Å²) >= 11 is 10.5. The fourth-order valence-corrected chi connectivity index (χ4v) is 1.75. The highest BCUT2D eigenvalue weighted by Crippen LogP contribution is 2.14. The molecule has 6 heteroatoms. The van der Waals surface area contributed by atoms with E-state index in [4.69, 9.17) is 11.6 Å². The second kappa shape index (κ2) is 4.65. The van der Waals surface area contributed by atoms with E-state index in [0.29, 0.717) is 10.6 Å². The Morgan fingerprint density at radius 1 is 1.18 bits per heavy atom. The molecule has 1 saturated heterocycles. The molecule has 2 amide bonds. The van der Waals surface area contributed by atoms with E-state index in [1.54, 1.807) is 24.3 Å². The molecule has 1 aliphatic rings. The fourth-order valence-electron chi connectivity index (χ4n) is 1.37. The molecule has 17 heavy (non-hydrogen) atoms. The molecule has 1 heterocycles. The number of carbonyl (C=O) groups excluding carboxylic acids is 2. The molecular formula is C11H7ClN2O2S. The predicted octanol–water partition coefficient (Wildman–Crippen LogP) is 1.25. The molecule has 2 rings (SSSR count). The van der Waals surface area contributed by atoms with E-state index in [-0.39, 0.29) is 10.7 Å². The van der Waals surface area contributed by atoms with Crippen molar-refractivity contribution < 1.29 is 9.59 Å². The molecule has 0 spiro atoms. The van der Waals surface area contributed by atoms with Crippen LogP contribution < -0.4 is 10.6 Å². The normalized spacial score (nSPS) is 15.4. The Morgan fingerprint density at radius 2 is 1.82 bits per heavy atom. The Kier molecular flexibility index (Phi) is 3.21. The fraction of sp³-hybridized carbons (Fsp3) is 0. The molecular weight excluding hydrogens is 260 g/mol. The van der Waals surface area contributed by atoms with E-state index in [1.165, 1.54) is 6.08 Å². The van der Waals surface area contributed by atoms with Crippen LogP contribution >= 0.6 is 23.8 Å². The van der Waals surface area contributed by atoms with Crippen molar-refractivity contribution in [1.29, 1.82) is 0 Å². The van der Waals surface area contributed by atoms with Crippen LogP contribution in [0.5, 0.6) is 0 Å². The van der Waals surface area contributed by atoms with Crippen molar-refractivity contribution in [2.45, 2.75) is 0 Å². The third-order valence-electron chi connectivity index (χ3n) is 2.10. The topological polar surface area (TPSA) is 58.2 Å². The lowest BCUT2D eigenvalue weighted by Gasteiger charge is -2.16. The highest BCUT2D eigenvalue weighted by atomic mass is 35.5. The van der Waals surface area contributed by atoms with Crippen LogP contribution in [-0.4, -0.2) is 16.9 Å². The summed E-state index contributed by atoms with van der Waals surface area (Å²) < 4.78 is 0. The summed E-state index contributed by atoms with van der Waals surface area (Å²) in [7, 11) is 0. The maximum atomic E-state index is 11.5. The number of halogens is 1. The van der Waals surface area contributed by atoms with Gasteiger partial charge in [0.25, 0.3) is 11.8 Å². The summed E-state index contributed by atoms with van der Waals surface area (Å²) in [6, 6.07) is 6.84. The van der Waals surface area contributed by atoms with Crippen LogP contribution in [0.25, 0.3) is 6.08 Å². The van der Waals surface area contributed by atoms with E-state index in [1.807, 2.05) is 0 Å². The van der Waals surface area contributed by atoms with Crippen LogP contribution in [0, 0.1) is 0 Å². The van der Waals surface area contributed by atoms with E-state index < -0.39 is 11.8 Å². The first-order valence-corrected chi connectivity index (χ1v) is 5.49. The third-order valence-corrected chi connectivity index (χ3v) is 2.54. The Morgan fingerprint density at radius 3 is 2.41 bits per heavy atom. The number of amides is 2. The molecule has 1 aromatic rings. The summed E-state index contributed by atoms with van der Waals surface area (Å²) in [5, 5.41) is 5.26. The van der Waals surface area contributed by atoms with E-state index in [9.17, 15) is 9.59 Å². The van der Waals surface area contributed by atoms with Gasteiger partial charge in [0.1, 0.15) is 5.57 Å². The monoisotopic (exact) mass is 266 g/mol. The number of carbonyl (C=O) groups is 2. The molecule has 86 valence electrons. The molecule has 1 aliphatic heterocycles. The first-order chi connectivity index (χ1) is 8.06. The van der Waals surface area contributed by atoms with Gasteiger partial charge in [0.15, 0.2) is 5.11 Å². The van der Waals surface area contributed by atoms with Gasteiger partial charge >= 0.3 is 0 Å². The maximum absolute atomic E-state index is 11.5. The molecule has 0 aromatic heterocycles. The second-order valence-electron chi connectivity index (χ2n) is 3.35. The molecule has 2 N–H and O–H groups in total. The summed E-state index contributed by atoms with van der Waals surface area (Å²) in [5.41, 5.74) is 0.673. The minimum atomic E-state index is -0.515. The number of benzene rings is 1. The Labute approximate surface area is 108 Å². The van der Waals surface area contributed by atoms with Gasteiger partial charge in [0.2, 0.25) is 0 Å². The van der Waals surface area contributed by atoms with Crippen molar-refractivity contribution in [2.24, 2.45) is 0 Å². The summed E-state index contributed by atoms with van der Waals surface area (Å²) in [6.45, 7) is 0. The van der Waals surface area contributed by atoms with Gasteiger partial charge in [0, 0.05) is 5.02 Å². The number of hydrogen-bond donors (Lipinski definition) is 2. The van der Waals surface area contributed by atoms with Gasteiger partial charge in [-0.15, -0.1) is 0 Å². The number of thiocarbonyl (C=S) groups is 1. The number of nitrogens with one attached hydrogen (secondary N) is 2. The van der Waals surface area contributed by atoms with E-state index >= 15 is 0 Å². The summed E-state index contributed by atoms with van der Waals surface area (Å²) in [5.74, 6) is -1.03. The lowest BCUT2D eigenvalue weighted by molar-refractivity contribution is -0.123. The zero-order valence-corrected chi connectivity index (χ0v) is 10.1. The first kappa shape index (κ1) is 11.8. The average molecular weight is 267 g/mol. The largest absolute Gasteiger partial charge is 0.299 e. The molecule has 1 fully saturated rings. The van der Waals surface area contributed by atoms with Crippen molar-refractivity contribution in [3.8, 4) is 0 Å². The van der Waals surface area contributed by atoms with Crippen LogP contribution in [0.15, 0.2) is 29.8 Å². The Hall–Kier alpha value is -1.72. The van der Waals surface area contributed by atoms with Crippen molar-refractivity contribution in [2.75, 3.05) is 0 Å². The highest BCUT2D eigenvalue weighted by molar-refractivity contribution is 7.80. The SMILES string of the molecule is O=C1NC(=S)NC(=O)C1=Cc1cccc(Cl)c1. The molecule has 1 aromatic carbocycles. The minimum absolute atomic E-state index is 0.000802. The zero-order valence-electron chi connectivity index (χ0n) is 8.49. The minimum Gasteiger partial charge on any atom is -0.299 e. The van der Waals surface area contributed by atoms with Gasteiger partial charge in [0.05, 0.1) is 0 Å². The zero-order chi connectivity index (χ0) is 12.4. The summed E-state index contributed by atoms with van der Waals surface area (Å²) in [4.78, 5) is 23.1. The van der Waals surface area contributed by atoms with Crippen LogP contribution in [0.3, 0.4) is 0 Å². The Bertz CT molecular complexity index is 532. The molecule has 0 unspecified atom stereocenters. The maximum Gasteiger partial charge on any atom is 0.263 e. The van der Waals surface area contributed by atoms with Gasteiger partial charge < -0.3 is 0 Å². The van der Waals surface area contributed by atoms with Crippen molar-refractivity contribution in [3.05, 3.63) is 40.4 Å². The van der Waals surface area contributed by atoms with Gasteiger partial charge in [-0.2, -0.15) is 0 Å². The van der Waals surface area contributed by atoms with Gasteiger partial charge in [-0.3, -0.25) is 20.2 Å². The third kappa shape index (κ3) is 2.69. The Balaban J connectivity index is 2.36. The van der Waals surface area contributed by atoms with Crippen LogP contribution in [0.4, 0.5) is 0 Å². The lowest BCUT2D eigenvalue weighted by atomic mass is 10.1. The molecule has 0 saturated carbocycles. The molecule has 0 atom stereocenters. The van der Waals surface area contributed by atoms with E-state index in [0.717, 1.165) is 0 Å². The van der Waals surface area contributed by atoms with Crippen molar-refractivity contribution in [3.63, 3.8) is 0 Å². The van der Waals surface area contributed by atoms with Gasteiger partial charge in [-0.1, -0.05) is 23.7 Å². The second-order valence-corrected chi connectivity index (χ2v) is 4.20. The van der Waals surface area contributed by atoms with Crippen molar-refractivity contribution in [1.82, 2.24) is 10.6 Å². The average Bonchev–Trinajstić information content (AvgIpc) is 2.23. The smallest absolute Gasteiger partial charge is 0.263 e. The van der Waals surface area contributed by atoms with Crippen LogP contribution in [0.2, 0.25) is 5.02 Å². The van der Waals surface area contributed by atoms with E-state index in [2.05, 4.69) is 22.9 Å². The van der Waals surface area contributed by atoms with Crippen LogP contribution in [-0.2, 0) is 9.59 Å². The van der Waals surface area contributed by atoms with Gasteiger partial charge in [-0.05, 0) is 36.0 Å². The predicted molar refractivity (Wildman–Crippen MR) is 68.3 cm³/mol. The lowest BCUT2D eigenvalue weighted by Crippen LogP contribution is -2.51. The van der Waals surface area contributed by atoms with Gasteiger partial charge in [-0.25, -0.2) is 0 Å². The quantitative estimate of drug-likeness (QED) is 0.457.